The highest BCUT2D eigenvalue weighted by atomic mass is 32.2. The van der Waals surface area contributed by atoms with Crippen molar-refractivity contribution in [2.75, 3.05) is 13.1 Å². The van der Waals surface area contributed by atoms with Gasteiger partial charge in [-0.3, -0.25) is 14.4 Å². The van der Waals surface area contributed by atoms with E-state index in [-0.39, 0.29) is 16.8 Å². The molecule has 0 radical (unpaired) electrons. The molecule has 0 N–H and O–H groups in total. The first-order valence-corrected chi connectivity index (χ1v) is 12.4. The summed E-state index contributed by atoms with van der Waals surface area (Å²) in [5.41, 5.74) is 1.43. The summed E-state index contributed by atoms with van der Waals surface area (Å²) in [6, 6.07) is 12.4. The van der Waals surface area contributed by atoms with Gasteiger partial charge >= 0.3 is 0 Å². The number of hydrogen-bond acceptors (Lipinski definition) is 4. The number of benzene rings is 1. The Morgan fingerprint density at radius 1 is 1.06 bits per heavy atom. The van der Waals surface area contributed by atoms with Crippen LogP contribution in [-0.2, 0) is 10.0 Å². The summed E-state index contributed by atoms with van der Waals surface area (Å²) in [5, 5.41) is 0. The van der Waals surface area contributed by atoms with Crippen molar-refractivity contribution < 1.29 is 13.2 Å². The molecule has 31 heavy (non-hydrogen) atoms. The molecule has 1 aliphatic rings. The van der Waals surface area contributed by atoms with Gasteiger partial charge in [0.1, 0.15) is 5.49 Å². The number of carbonyl (C=O) groups is 1. The van der Waals surface area contributed by atoms with E-state index >= 15 is 0 Å². The van der Waals surface area contributed by atoms with Crippen LogP contribution >= 0.6 is 0 Å². The average molecular weight is 442 g/mol. The summed E-state index contributed by atoms with van der Waals surface area (Å²) in [4.78, 5) is 17.8. The van der Waals surface area contributed by atoms with Crippen molar-refractivity contribution in [3.8, 4) is 0 Å². The lowest BCUT2D eigenvalue weighted by molar-refractivity contribution is 0.0964. The molecular weight excluding hydrogens is 410 g/mol. The maximum absolute atomic E-state index is 12.8. The molecular formula is C24H31N3O3S. The molecule has 0 amide bonds. The first kappa shape index (κ1) is 23.2. The highest BCUT2D eigenvalue weighted by molar-refractivity contribution is 7.89. The molecule has 2 aromatic rings. The molecule has 0 saturated heterocycles. The molecule has 1 saturated carbocycles. The van der Waals surface area contributed by atoms with Gasteiger partial charge < -0.3 is 0 Å². The van der Waals surface area contributed by atoms with Gasteiger partial charge in [0.05, 0.1) is 10.9 Å². The first-order chi connectivity index (χ1) is 15.0. The molecule has 1 fully saturated rings. The van der Waals surface area contributed by atoms with Crippen LogP contribution in [0, 0.1) is 0 Å². The maximum atomic E-state index is 12.8. The zero-order valence-corrected chi connectivity index (χ0v) is 19.1. The van der Waals surface area contributed by atoms with Gasteiger partial charge in [-0.25, -0.2) is 8.42 Å². The number of hydrogen-bond donors (Lipinski definition) is 0. The molecule has 0 unspecified atom stereocenters. The molecule has 0 spiro atoms. The number of pyridine rings is 1. The van der Waals surface area contributed by atoms with E-state index in [1.807, 2.05) is 32.0 Å². The van der Waals surface area contributed by atoms with Crippen LogP contribution < -0.4 is 5.49 Å². The number of aromatic nitrogens is 1. The van der Waals surface area contributed by atoms with Crippen molar-refractivity contribution in [1.82, 2.24) is 8.87 Å². The maximum Gasteiger partial charge on any atom is 0.256 e. The van der Waals surface area contributed by atoms with Gasteiger partial charge in [0, 0.05) is 25.4 Å². The zero-order valence-electron chi connectivity index (χ0n) is 18.3. The Morgan fingerprint density at radius 2 is 1.74 bits per heavy atom. The normalized spacial score (nSPS) is 16.3. The van der Waals surface area contributed by atoms with E-state index < -0.39 is 10.0 Å². The van der Waals surface area contributed by atoms with Crippen molar-refractivity contribution in [1.29, 1.82) is 0 Å². The smallest absolute Gasteiger partial charge is 0.256 e. The van der Waals surface area contributed by atoms with Crippen molar-refractivity contribution in [2.24, 2.45) is 4.99 Å². The lowest BCUT2D eigenvalue weighted by Crippen LogP contribution is -2.30. The highest BCUT2D eigenvalue weighted by Gasteiger charge is 2.21. The van der Waals surface area contributed by atoms with Crippen LogP contribution in [-0.4, -0.2) is 42.3 Å². The Bertz CT molecular complexity index is 1080. The van der Waals surface area contributed by atoms with Crippen molar-refractivity contribution in [3.63, 3.8) is 0 Å². The minimum absolute atomic E-state index is 0.185. The summed E-state index contributed by atoms with van der Waals surface area (Å²) in [6.45, 7) is 4.49. The highest BCUT2D eigenvalue weighted by Crippen LogP contribution is 2.20. The monoisotopic (exact) mass is 441 g/mol. The van der Waals surface area contributed by atoms with Crippen molar-refractivity contribution in [2.45, 2.75) is 56.9 Å². The van der Waals surface area contributed by atoms with Gasteiger partial charge in [-0.2, -0.15) is 4.31 Å². The lowest BCUT2D eigenvalue weighted by Gasteiger charge is -2.18. The fourth-order valence-corrected chi connectivity index (χ4v) is 5.29. The molecule has 6 nitrogen and oxygen atoms in total. The lowest BCUT2D eigenvalue weighted by atomic mass is 9.96. The predicted octanol–water partition coefficient (Wildman–Crippen LogP) is 4.11. The van der Waals surface area contributed by atoms with E-state index in [1.165, 1.54) is 29.6 Å². The summed E-state index contributed by atoms with van der Waals surface area (Å²) in [5.74, 6) is -0.185. The van der Waals surface area contributed by atoms with Crippen LogP contribution in [0.3, 0.4) is 0 Å². The second-order valence-corrected chi connectivity index (χ2v) is 9.62. The van der Waals surface area contributed by atoms with E-state index in [0.29, 0.717) is 18.6 Å². The fraction of sp³-hybridized carbons (Fsp3) is 0.417. The van der Waals surface area contributed by atoms with Crippen LogP contribution in [0.4, 0.5) is 0 Å². The van der Waals surface area contributed by atoms with Gasteiger partial charge in [0.25, 0.3) is 5.91 Å². The van der Waals surface area contributed by atoms with Crippen LogP contribution in [0.25, 0.3) is 6.08 Å². The predicted molar refractivity (Wildman–Crippen MR) is 123 cm³/mol. The van der Waals surface area contributed by atoms with Gasteiger partial charge in [0.2, 0.25) is 10.0 Å². The Kier molecular flexibility index (Phi) is 7.98. The number of nitrogens with zero attached hydrogens (tertiary/aromatic N) is 3. The molecule has 0 aliphatic heterocycles. The molecule has 0 atom stereocenters. The molecule has 1 aliphatic carbocycles. The number of carbonyl (C=O) groups excluding carboxylic acids is 1. The number of sulfonamides is 1. The van der Waals surface area contributed by atoms with Crippen molar-refractivity contribution >= 4 is 22.0 Å². The van der Waals surface area contributed by atoms with Crippen LogP contribution in [0.5, 0.6) is 0 Å². The fourth-order valence-electron chi connectivity index (χ4n) is 3.83. The van der Waals surface area contributed by atoms with Crippen LogP contribution in [0.1, 0.15) is 56.3 Å². The third kappa shape index (κ3) is 5.80. The molecule has 1 aromatic carbocycles. The number of allylic oxidation sites excluding steroid dienone is 1. The molecule has 166 valence electrons. The number of rotatable bonds is 7. The van der Waals surface area contributed by atoms with E-state index in [0.717, 1.165) is 18.4 Å². The Labute approximate surface area is 185 Å². The van der Waals surface area contributed by atoms with E-state index in [2.05, 4.69) is 0 Å². The zero-order chi connectivity index (χ0) is 22.3. The SMILES string of the molecule is CCN(CC)S(=O)(=O)c1ccc(/C=C/C(=O)n2ccccc2=NC2CCCCC2)cc1. The van der Waals surface area contributed by atoms with Gasteiger partial charge in [0.15, 0.2) is 0 Å². The standard InChI is InChI=1S/C24H31N3O3S/c1-3-26(4-2)31(29,30)22-16-13-20(14-17-22)15-18-24(28)27-19-9-8-12-23(27)25-21-10-6-5-7-11-21/h8-9,12-19,21H,3-7,10-11H2,1-2H3/b18-15+,25-23?. The largest absolute Gasteiger partial charge is 0.269 e. The molecule has 3 rings (SSSR count). The second kappa shape index (κ2) is 10.7. The molecule has 1 heterocycles. The quantitative estimate of drug-likeness (QED) is 0.607. The Morgan fingerprint density at radius 3 is 2.39 bits per heavy atom. The first-order valence-electron chi connectivity index (χ1n) is 11.0. The van der Waals surface area contributed by atoms with E-state index in [9.17, 15) is 13.2 Å². The minimum atomic E-state index is -3.49. The van der Waals surface area contributed by atoms with Gasteiger partial charge in [-0.15, -0.1) is 0 Å². The Hall–Kier alpha value is -2.51. The molecule has 1 aromatic heterocycles. The summed E-state index contributed by atoms with van der Waals surface area (Å²) < 4.78 is 28.2. The third-order valence-corrected chi connectivity index (χ3v) is 7.67. The van der Waals surface area contributed by atoms with Gasteiger partial charge in [-0.1, -0.05) is 51.3 Å². The van der Waals surface area contributed by atoms with E-state index in [1.54, 1.807) is 41.1 Å². The summed E-state index contributed by atoms with van der Waals surface area (Å²) >= 11 is 0. The minimum Gasteiger partial charge on any atom is -0.269 e. The third-order valence-electron chi connectivity index (χ3n) is 5.61. The second-order valence-electron chi connectivity index (χ2n) is 7.68. The van der Waals surface area contributed by atoms with E-state index in [4.69, 9.17) is 4.99 Å². The summed E-state index contributed by atoms with van der Waals surface area (Å²) in [6.07, 6.45) is 10.7. The van der Waals surface area contributed by atoms with Gasteiger partial charge in [-0.05, 0) is 48.7 Å². The topological polar surface area (TPSA) is 71.7 Å². The van der Waals surface area contributed by atoms with Crippen LogP contribution in [0.15, 0.2) is 64.6 Å². The molecule has 0 bridgehead atoms. The van der Waals surface area contributed by atoms with Crippen LogP contribution in [0.2, 0.25) is 0 Å². The summed E-state index contributed by atoms with van der Waals surface area (Å²) in [7, 11) is -3.49. The molecule has 7 heteroatoms. The Balaban J connectivity index is 1.77. The average Bonchev–Trinajstić information content (AvgIpc) is 2.79. The van der Waals surface area contributed by atoms with Crippen molar-refractivity contribution in [3.05, 3.63) is 65.8 Å².